The van der Waals surface area contributed by atoms with Crippen LogP contribution in [0.3, 0.4) is 0 Å². The predicted octanol–water partition coefficient (Wildman–Crippen LogP) is 6.80. The molecule has 0 aliphatic rings. The highest BCUT2D eigenvalue weighted by Crippen LogP contribution is 2.31. The van der Waals surface area contributed by atoms with Gasteiger partial charge >= 0.3 is 0 Å². The quantitative estimate of drug-likeness (QED) is 0.365. The summed E-state index contributed by atoms with van der Waals surface area (Å²) in [7, 11) is 0. The zero-order valence-corrected chi connectivity index (χ0v) is 15.0. The zero-order valence-electron chi connectivity index (χ0n) is 13.4. The summed E-state index contributed by atoms with van der Waals surface area (Å²) < 4.78 is 15.4. The van der Waals surface area contributed by atoms with Gasteiger partial charge in [-0.25, -0.2) is 4.39 Å². The second-order valence-corrected chi connectivity index (χ2v) is 6.59. The minimum Gasteiger partial charge on any atom is -0.294 e. The van der Waals surface area contributed by atoms with Crippen LogP contribution in [0.4, 0.5) is 4.39 Å². The van der Waals surface area contributed by atoms with Gasteiger partial charge < -0.3 is 0 Å². The Morgan fingerprint density at radius 1 is 1.00 bits per heavy atom. The van der Waals surface area contributed by atoms with E-state index in [9.17, 15) is 9.18 Å². The first-order valence-electron chi connectivity index (χ1n) is 8.21. The van der Waals surface area contributed by atoms with E-state index in [-0.39, 0.29) is 11.3 Å². The van der Waals surface area contributed by atoms with Crippen molar-refractivity contribution in [2.75, 3.05) is 0 Å². The van der Waals surface area contributed by atoms with Gasteiger partial charge in [-0.05, 0) is 34.0 Å². The van der Waals surface area contributed by atoms with Gasteiger partial charge in [-0.3, -0.25) is 4.79 Å². The summed E-state index contributed by atoms with van der Waals surface area (Å²) >= 11 is 3.33. The lowest BCUT2D eigenvalue weighted by molar-refractivity contribution is 0.0974. The summed E-state index contributed by atoms with van der Waals surface area (Å²) in [5.74, 6) is -0.548. The Hall–Kier alpha value is -1.48. The van der Waals surface area contributed by atoms with Crippen LogP contribution in [-0.2, 0) is 0 Å². The molecule has 0 unspecified atom stereocenters. The minimum atomic E-state index is -0.427. The highest BCUT2D eigenvalue weighted by atomic mass is 79.9. The number of hydrogen-bond acceptors (Lipinski definition) is 1. The van der Waals surface area contributed by atoms with Crippen LogP contribution < -0.4 is 0 Å². The smallest absolute Gasteiger partial charge is 0.166 e. The Bertz CT molecular complexity index is 652. The van der Waals surface area contributed by atoms with Crippen molar-refractivity contribution >= 4 is 21.7 Å². The predicted molar refractivity (Wildman–Crippen MR) is 97.2 cm³/mol. The summed E-state index contributed by atoms with van der Waals surface area (Å²) in [5, 5.41) is 0. The van der Waals surface area contributed by atoms with Crippen molar-refractivity contribution in [3.63, 3.8) is 0 Å². The number of ketones is 1. The summed E-state index contributed by atoms with van der Waals surface area (Å²) in [6.07, 6.45) is 5.75. The molecule has 0 atom stereocenters. The third-order valence-corrected chi connectivity index (χ3v) is 4.62. The van der Waals surface area contributed by atoms with E-state index in [1.54, 1.807) is 12.1 Å². The van der Waals surface area contributed by atoms with Crippen molar-refractivity contribution in [2.24, 2.45) is 0 Å². The Kier molecular flexibility index (Phi) is 6.97. The third-order valence-electron chi connectivity index (χ3n) is 3.96. The lowest BCUT2D eigenvalue weighted by Gasteiger charge is -2.10. The minimum absolute atomic E-state index is 0.122. The van der Waals surface area contributed by atoms with Crippen LogP contribution in [0.2, 0.25) is 0 Å². The maximum absolute atomic E-state index is 14.8. The fraction of sp³-hybridized carbons (Fsp3) is 0.350. The Morgan fingerprint density at radius 2 is 1.70 bits per heavy atom. The molecule has 0 aliphatic carbocycles. The van der Waals surface area contributed by atoms with Crippen molar-refractivity contribution < 1.29 is 9.18 Å². The molecule has 0 radical (unpaired) electrons. The molecule has 0 N–H and O–H groups in total. The maximum Gasteiger partial charge on any atom is 0.166 e. The number of rotatable bonds is 8. The summed E-state index contributed by atoms with van der Waals surface area (Å²) in [6, 6.07) is 12.8. The van der Waals surface area contributed by atoms with E-state index in [0.29, 0.717) is 16.5 Å². The van der Waals surface area contributed by atoms with Gasteiger partial charge in [0, 0.05) is 16.5 Å². The molecule has 0 saturated carbocycles. The van der Waals surface area contributed by atoms with E-state index >= 15 is 0 Å². The second-order valence-electron chi connectivity index (χ2n) is 5.74. The molecule has 23 heavy (non-hydrogen) atoms. The summed E-state index contributed by atoms with van der Waals surface area (Å²) in [6.45, 7) is 2.16. The first-order chi connectivity index (χ1) is 11.1. The molecule has 1 nitrogen and oxygen atoms in total. The Morgan fingerprint density at radius 3 is 2.39 bits per heavy atom. The van der Waals surface area contributed by atoms with Crippen molar-refractivity contribution in [3.8, 4) is 11.1 Å². The topological polar surface area (TPSA) is 17.1 Å². The molecule has 0 aliphatic heterocycles. The maximum atomic E-state index is 14.8. The molecule has 0 amide bonds. The lowest BCUT2D eigenvalue weighted by atomic mass is 9.98. The van der Waals surface area contributed by atoms with Crippen molar-refractivity contribution in [1.29, 1.82) is 0 Å². The highest BCUT2D eigenvalue weighted by molar-refractivity contribution is 9.10. The van der Waals surface area contributed by atoms with Crippen LogP contribution in [0.1, 0.15) is 55.8 Å². The van der Waals surface area contributed by atoms with E-state index in [4.69, 9.17) is 0 Å². The average Bonchev–Trinajstić information content (AvgIpc) is 2.55. The first-order valence-corrected chi connectivity index (χ1v) is 9.01. The van der Waals surface area contributed by atoms with Crippen molar-refractivity contribution in [3.05, 3.63) is 58.3 Å². The first kappa shape index (κ1) is 17.9. The monoisotopic (exact) mass is 376 g/mol. The molecule has 0 bridgehead atoms. The van der Waals surface area contributed by atoms with E-state index in [1.165, 1.54) is 12.8 Å². The average molecular weight is 377 g/mol. The molecular weight excluding hydrogens is 355 g/mol. The normalized spacial score (nSPS) is 10.7. The lowest BCUT2D eigenvalue weighted by Crippen LogP contribution is -2.05. The van der Waals surface area contributed by atoms with Crippen LogP contribution >= 0.6 is 15.9 Å². The molecule has 2 aromatic rings. The van der Waals surface area contributed by atoms with Gasteiger partial charge in [-0.2, -0.15) is 0 Å². The van der Waals surface area contributed by atoms with Crippen LogP contribution in [0.25, 0.3) is 11.1 Å². The molecular formula is C20H22BrFO. The van der Waals surface area contributed by atoms with Gasteiger partial charge in [0.1, 0.15) is 5.82 Å². The number of hydrogen-bond donors (Lipinski definition) is 0. The van der Waals surface area contributed by atoms with Gasteiger partial charge in [-0.15, -0.1) is 0 Å². The molecule has 0 saturated heterocycles. The molecule has 3 heteroatoms. The molecule has 2 aromatic carbocycles. The Labute approximate surface area is 146 Å². The zero-order chi connectivity index (χ0) is 16.7. The second kappa shape index (κ2) is 8.97. The largest absolute Gasteiger partial charge is 0.294 e. The van der Waals surface area contributed by atoms with Gasteiger partial charge in [0.2, 0.25) is 0 Å². The molecule has 0 aromatic heterocycles. The third kappa shape index (κ3) is 4.74. The standard InChI is InChI=1S/C20H22BrFO/c1-2-3-4-5-9-12-18(23)19-17(21)14-13-16(20(19)22)15-10-7-6-8-11-15/h6-8,10-11,13-14H,2-5,9,12H2,1H3. The van der Waals surface area contributed by atoms with Crippen LogP contribution in [0.5, 0.6) is 0 Å². The number of unbranched alkanes of at least 4 members (excludes halogenated alkanes) is 4. The SMILES string of the molecule is CCCCCCCC(=O)c1c(Br)ccc(-c2ccccc2)c1F. The molecule has 0 heterocycles. The van der Waals surface area contributed by atoms with Crippen LogP contribution in [-0.4, -0.2) is 5.78 Å². The van der Waals surface area contributed by atoms with Gasteiger partial charge in [0.25, 0.3) is 0 Å². The number of carbonyl (C=O) groups is 1. The molecule has 0 spiro atoms. The molecule has 2 rings (SSSR count). The van der Waals surface area contributed by atoms with E-state index in [1.807, 2.05) is 30.3 Å². The van der Waals surface area contributed by atoms with Crippen molar-refractivity contribution in [1.82, 2.24) is 0 Å². The molecule has 122 valence electrons. The number of Topliss-reactive ketones (excluding diaryl/α,β-unsaturated/α-hetero) is 1. The summed E-state index contributed by atoms with van der Waals surface area (Å²) in [5.41, 5.74) is 1.44. The summed E-state index contributed by atoms with van der Waals surface area (Å²) in [4.78, 5) is 12.4. The van der Waals surface area contributed by atoms with Gasteiger partial charge in [0.15, 0.2) is 5.78 Å². The fourth-order valence-electron chi connectivity index (χ4n) is 2.66. The van der Waals surface area contributed by atoms with Gasteiger partial charge in [-0.1, -0.05) is 69.0 Å². The van der Waals surface area contributed by atoms with Crippen LogP contribution in [0.15, 0.2) is 46.9 Å². The van der Waals surface area contributed by atoms with Gasteiger partial charge in [0.05, 0.1) is 5.56 Å². The molecule has 0 fully saturated rings. The Balaban J connectivity index is 2.16. The number of carbonyl (C=O) groups excluding carboxylic acids is 1. The number of benzene rings is 2. The van der Waals surface area contributed by atoms with Crippen LogP contribution in [0, 0.1) is 5.82 Å². The van der Waals surface area contributed by atoms with E-state index < -0.39 is 5.82 Å². The van der Waals surface area contributed by atoms with E-state index in [0.717, 1.165) is 24.8 Å². The highest BCUT2D eigenvalue weighted by Gasteiger charge is 2.19. The number of halogens is 2. The van der Waals surface area contributed by atoms with E-state index in [2.05, 4.69) is 22.9 Å². The fourth-order valence-corrected chi connectivity index (χ4v) is 3.19. The van der Waals surface area contributed by atoms with Crippen molar-refractivity contribution in [2.45, 2.75) is 45.4 Å².